The molecule has 3 rings (SSSR count). The number of rotatable bonds is 6. The maximum Gasteiger partial charge on any atom is 0.161 e. The largest absolute Gasteiger partial charge is 0.493 e. The summed E-state index contributed by atoms with van der Waals surface area (Å²) in [5.74, 6) is 2.10. The van der Waals surface area contributed by atoms with Crippen molar-refractivity contribution in [3.05, 3.63) is 35.7 Å². The topological polar surface area (TPSA) is 41.9 Å². The smallest absolute Gasteiger partial charge is 0.161 e. The van der Waals surface area contributed by atoms with E-state index in [2.05, 4.69) is 30.9 Å². The molecule has 5 heteroatoms. The zero-order valence-corrected chi connectivity index (χ0v) is 16.9. The molecule has 1 fully saturated rings. The third kappa shape index (κ3) is 3.99. The second kappa shape index (κ2) is 8.19. The molecule has 0 amide bonds. The van der Waals surface area contributed by atoms with Crippen LogP contribution in [0.5, 0.6) is 11.5 Å². The number of halogens is 1. The summed E-state index contributed by atoms with van der Waals surface area (Å²) < 4.78 is 23.7. The minimum Gasteiger partial charge on any atom is -0.493 e. The molecule has 3 atom stereocenters. The van der Waals surface area contributed by atoms with Gasteiger partial charge in [-0.2, -0.15) is 0 Å². The van der Waals surface area contributed by atoms with Crippen LogP contribution in [0.2, 0.25) is 0 Å². The summed E-state index contributed by atoms with van der Waals surface area (Å²) in [4.78, 5) is 2.48. The highest BCUT2D eigenvalue weighted by Crippen LogP contribution is 2.48. The zero-order chi connectivity index (χ0) is 19.6. The molecule has 1 aromatic rings. The summed E-state index contributed by atoms with van der Waals surface area (Å²) in [5, 5.41) is 11.5. The van der Waals surface area contributed by atoms with Gasteiger partial charge in [0.2, 0.25) is 0 Å². The normalized spacial score (nSPS) is 28.3. The molecule has 2 aliphatic heterocycles. The summed E-state index contributed by atoms with van der Waals surface area (Å²) in [7, 11) is 3.30. The summed E-state index contributed by atoms with van der Waals surface area (Å²) in [6, 6.07) is 4.24. The molecule has 1 N–H and O–H groups in total. The third-order valence-corrected chi connectivity index (χ3v) is 6.19. The Morgan fingerprint density at radius 3 is 2.63 bits per heavy atom. The van der Waals surface area contributed by atoms with Crippen LogP contribution in [0.25, 0.3) is 0 Å². The van der Waals surface area contributed by atoms with Crippen molar-refractivity contribution in [1.82, 2.24) is 4.90 Å². The third-order valence-electron chi connectivity index (χ3n) is 6.19. The monoisotopic (exact) mass is 377 g/mol. The second-order valence-corrected chi connectivity index (χ2v) is 8.37. The number of aliphatic hydroxyl groups is 1. The number of ether oxygens (including phenoxy) is 2. The number of methoxy groups -OCH3 is 2. The predicted molar refractivity (Wildman–Crippen MR) is 105 cm³/mol. The first kappa shape index (κ1) is 20.2. The highest BCUT2D eigenvalue weighted by atomic mass is 19.1. The Hall–Kier alpha value is -1.59. The molecule has 27 heavy (non-hydrogen) atoms. The lowest BCUT2D eigenvalue weighted by Gasteiger charge is -2.51. The van der Waals surface area contributed by atoms with E-state index < -0.39 is 5.60 Å². The first-order valence-corrected chi connectivity index (χ1v) is 9.88. The Balaban J connectivity index is 1.96. The maximum absolute atomic E-state index is 12.7. The lowest BCUT2D eigenvalue weighted by atomic mass is 9.70. The SMILES string of the molecule is COc1cc2c(cc1OC)C1C[C@](O)(CC=CF)C(CC(C)C)CN1CC2. The van der Waals surface area contributed by atoms with E-state index in [4.69, 9.17) is 9.47 Å². The van der Waals surface area contributed by atoms with Crippen LogP contribution in [0.4, 0.5) is 4.39 Å². The predicted octanol–water partition coefficient (Wildman–Crippen LogP) is 4.27. The van der Waals surface area contributed by atoms with Crippen LogP contribution in [0.15, 0.2) is 24.5 Å². The van der Waals surface area contributed by atoms with Crippen molar-refractivity contribution in [3.63, 3.8) is 0 Å². The van der Waals surface area contributed by atoms with Gasteiger partial charge in [0.25, 0.3) is 0 Å². The molecule has 2 heterocycles. The summed E-state index contributed by atoms with van der Waals surface area (Å²) in [5.41, 5.74) is 1.56. The van der Waals surface area contributed by atoms with Gasteiger partial charge in [-0.05, 0) is 54.9 Å². The number of hydrogen-bond acceptors (Lipinski definition) is 4. The van der Waals surface area contributed by atoms with Crippen molar-refractivity contribution >= 4 is 0 Å². The number of benzene rings is 1. The number of nitrogens with zero attached hydrogens (tertiary/aromatic N) is 1. The quantitative estimate of drug-likeness (QED) is 0.804. The van der Waals surface area contributed by atoms with Gasteiger partial charge in [0.05, 0.1) is 26.2 Å². The van der Waals surface area contributed by atoms with Gasteiger partial charge in [0.15, 0.2) is 11.5 Å². The van der Waals surface area contributed by atoms with E-state index in [0.717, 1.165) is 37.4 Å². The Bertz CT molecular complexity index is 690. The van der Waals surface area contributed by atoms with E-state index in [-0.39, 0.29) is 12.0 Å². The lowest BCUT2D eigenvalue weighted by molar-refractivity contribution is -0.101. The van der Waals surface area contributed by atoms with Crippen molar-refractivity contribution in [1.29, 1.82) is 0 Å². The number of piperidine rings is 1. The van der Waals surface area contributed by atoms with Gasteiger partial charge >= 0.3 is 0 Å². The van der Waals surface area contributed by atoms with E-state index >= 15 is 0 Å². The van der Waals surface area contributed by atoms with E-state index in [1.807, 2.05) is 0 Å². The van der Waals surface area contributed by atoms with Gasteiger partial charge in [-0.25, -0.2) is 4.39 Å². The van der Waals surface area contributed by atoms with Crippen molar-refractivity contribution in [2.24, 2.45) is 11.8 Å². The van der Waals surface area contributed by atoms with Crippen LogP contribution in [-0.2, 0) is 6.42 Å². The summed E-state index contributed by atoms with van der Waals surface area (Å²) in [6.45, 7) is 6.17. The van der Waals surface area contributed by atoms with E-state index in [0.29, 0.717) is 25.1 Å². The molecule has 2 unspecified atom stereocenters. The van der Waals surface area contributed by atoms with E-state index in [9.17, 15) is 9.50 Å². The average Bonchev–Trinajstić information content (AvgIpc) is 2.65. The Morgan fingerprint density at radius 2 is 2.00 bits per heavy atom. The molecular weight excluding hydrogens is 345 g/mol. The summed E-state index contributed by atoms with van der Waals surface area (Å²) >= 11 is 0. The van der Waals surface area contributed by atoms with Crippen LogP contribution < -0.4 is 9.47 Å². The molecule has 4 nitrogen and oxygen atoms in total. The number of fused-ring (bicyclic) bond motifs is 3. The van der Waals surface area contributed by atoms with Crippen LogP contribution in [0.1, 0.15) is 50.3 Å². The molecule has 0 aromatic heterocycles. The average molecular weight is 378 g/mol. The van der Waals surface area contributed by atoms with Gasteiger partial charge in [0, 0.05) is 25.0 Å². The van der Waals surface area contributed by atoms with Gasteiger partial charge in [-0.1, -0.05) is 19.9 Å². The van der Waals surface area contributed by atoms with Crippen LogP contribution in [0.3, 0.4) is 0 Å². The Labute approximate surface area is 162 Å². The molecule has 0 radical (unpaired) electrons. The molecule has 1 saturated heterocycles. The van der Waals surface area contributed by atoms with Gasteiger partial charge in [-0.3, -0.25) is 4.90 Å². The van der Waals surface area contributed by atoms with Crippen LogP contribution in [-0.4, -0.2) is 42.9 Å². The molecule has 0 spiro atoms. The maximum atomic E-state index is 12.7. The van der Waals surface area contributed by atoms with Gasteiger partial charge < -0.3 is 14.6 Å². The van der Waals surface area contributed by atoms with Gasteiger partial charge in [0.1, 0.15) is 0 Å². The molecule has 0 bridgehead atoms. The Kier molecular flexibility index (Phi) is 6.11. The van der Waals surface area contributed by atoms with Gasteiger partial charge in [-0.15, -0.1) is 0 Å². The van der Waals surface area contributed by atoms with Crippen molar-refractivity contribution in [2.45, 2.75) is 51.2 Å². The fourth-order valence-corrected chi connectivity index (χ4v) is 4.85. The van der Waals surface area contributed by atoms with Crippen molar-refractivity contribution in [2.75, 3.05) is 27.3 Å². The number of hydrogen-bond donors (Lipinski definition) is 1. The molecule has 150 valence electrons. The zero-order valence-electron chi connectivity index (χ0n) is 16.9. The first-order chi connectivity index (χ1) is 12.9. The molecule has 1 aromatic carbocycles. The molecular formula is C22H32FNO3. The van der Waals surface area contributed by atoms with Crippen molar-refractivity contribution in [3.8, 4) is 11.5 Å². The first-order valence-electron chi connectivity index (χ1n) is 9.88. The minimum atomic E-state index is -0.893. The Morgan fingerprint density at radius 1 is 1.30 bits per heavy atom. The molecule has 0 aliphatic carbocycles. The minimum absolute atomic E-state index is 0.120. The fraction of sp³-hybridized carbons (Fsp3) is 0.636. The molecule has 2 aliphatic rings. The highest BCUT2D eigenvalue weighted by Gasteiger charge is 2.47. The summed E-state index contributed by atoms with van der Waals surface area (Å²) in [6.07, 6.45) is 4.88. The van der Waals surface area contributed by atoms with Crippen molar-refractivity contribution < 1.29 is 19.0 Å². The van der Waals surface area contributed by atoms with Crippen LogP contribution in [0, 0.1) is 11.8 Å². The lowest BCUT2D eigenvalue weighted by Crippen LogP contribution is -2.55. The van der Waals surface area contributed by atoms with E-state index in [1.54, 1.807) is 14.2 Å². The molecule has 0 saturated carbocycles. The van der Waals surface area contributed by atoms with E-state index in [1.165, 1.54) is 17.2 Å². The van der Waals surface area contributed by atoms with Crippen LogP contribution >= 0.6 is 0 Å². The second-order valence-electron chi connectivity index (χ2n) is 8.37. The highest BCUT2D eigenvalue weighted by molar-refractivity contribution is 5.49. The fourth-order valence-electron chi connectivity index (χ4n) is 4.85. The standard InChI is InChI=1S/C22H32FNO3/c1-15(2)10-17-14-24-9-6-16-11-20(26-3)21(27-4)12-18(16)19(24)13-22(17,25)7-5-8-23/h5,8,11-12,15,17,19,25H,6-7,9-10,13-14H2,1-4H3/t17?,19?,22-/m1/s1.